The third kappa shape index (κ3) is 3.89. The Morgan fingerprint density at radius 3 is 2.19 bits per heavy atom. The molecule has 0 bridgehead atoms. The molecule has 0 heterocycles. The van der Waals surface area contributed by atoms with Crippen LogP contribution in [0.2, 0.25) is 0 Å². The van der Waals surface area contributed by atoms with E-state index in [9.17, 15) is 4.79 Å². The Morgan fingerprint density at radius 1 is 1.05 bits per heavy atom. The molecule has 4 heteroatoms. The standard InChI is InChI=1S/C17H18N2OS/c1-2-12-5-3-4-6-15(12)11-19-17(20)14-9-7-13(8-10-14)16(18)21/h3-10H,2,11H2,1H3,(H2,18,21)(H,19,20). The molecule has 1 amide bonds. The third-order valence-corrected chi connectivity index (χ3v) is 3.61. The zero-order valence-electron chi connectivity index (χ0n) is 11.9. The van der Waals surface area contributed by atoms with Crippen molar-refractivity contribution in [1.29, 1.82) is 0 Å². The molecule has 0 saturated carbocycles. The fraction of sp³-hybridized carbons (Fsp3) is 0.176. The van der Waals surface area contributed by atoms with Crippen molar-refractivity contribution in [3.8, 4) is 0 Å². The Morgan fingerprint density at radius 2 is 1.62 bits per heavy atom. The maximum atomic E-state index is 12.1. The van der Waals surface area contributed by atoms with E-state index in [1.165, 1.54) is 5.56 Å². The number of benzene rings is 2. The largest absolute Gasteiger partial charge is 0.389 e. The molecule has 0 saturated heterocycles. The molecular weight excluding hydrogens is 280 g/mol. The number of amides is 1. The second kappa shape index (κ2) is 6.99. The zero-order chi connectivity index (χ0) is 15.2. The molecule has 0 atom stereocenters. The molecule has 2 aromatic carbocycles. The minimum Gasteiger partial charge on any atom is -0.389 e. The highest BCUT2D eigenvalue weighted by Crippen LogP contribution is 2.10. The molecule has 0 aliphatic heterocycles. The number of carbonyl (C=O) groups excluding carboxylic acids is 1. The van der Waals surface area contributed by atoms with Gasteiger partial charge in [-0.2, -0.15) is 0 Å². The summed E-state index contributed by atoms with van der Waals surface area (Å²) < 4.78 is 0. The second-order valence-corrected chi connectivity index (χ2v) is 5.19. The Kier molecular flexibility index (Phi) is 5.06. The van der Waals surface area contributed by atoms with Gasteiger partial charge in [0.25, 0.3) is 5.91 Å². The summed E-state index contributed by atoms with van der Waals surface area (Å²) >= 11 is 4.89. The first-order valence-electron chi connectivity index (χ1n) is 6.86. The second-order valence-electron chi connectivity index (χ2n) is 4.75. The van der Waals surface area contributed by atoms with E-state index >= 15 is 0 Å². The first-order chi connectivity index (χ1) is 10.1. The summed E-state index contributed by atoms with van der Waals surface area (Å²) in [6, 6.07) is 15.1. The first-order valence-corrected chi connectivity index (χ1v) is 7.27. The van der Waals surface area contributed by atoms with Gasteiger partial charge in [-0.15, -0.1) is 0 Å². The Hall–Kier alpha value is -2.20. The minimum atomic E-state index is -0.101. The van der Waals surface area contributed by atoms with Crippen molar-refractivity contribution in [1.82, 2.24) is 5.32 Å². The number of hydrogen-bond donors (Lipinski definition) is 2. The van der Waals surface area contributed by atoms with E-state index < -0.39 is 0 Å². The number of rotatable bonds is 5. The van der Waals surface area contributed by atoms with Gasteiger partial charge in [-0.05, 0) is 29.7 Å². The van der Waals surface area contributed by atoms with Crippen molar-refractivity contribution in [3.63, 3.8) is 0 Å². The average molecular weight is 298 g/mol. The fourth-order valence-corrected chi connectivity index (χ4v) is 2.27. The van der Waals surface area contributed by atoms with Gasteiger partial charge >= 0.3 is 0 Å². The van der Waals surface area contributed by atoms with Crippen molar-refractivity contribution in [2.24, 2.45) is 5.73 Å². The fourth-order valence-electron chi connectivity index (χ4n) is 2.14. The predicted octanol–water partition coefficient (Wildman–Crippen LogP) is 2.81. The van der Waals surface area contributed by atoms with Gasteiger partial charge in [-0.25, -0.2) is 0 Å². The SMILES string of the molecule is CCc1ccccc1CNC(=O)c1ccc(C(N)=S)cc1. The van der Waals surface area contributed by atoms with E-state index in [1.54, 1.807) is 24.3 Å². The summed E-state index contributed by atoms with van der Waals surface area (Å²) in [6.07, 6.45) is 0.953. The number of aryl methyl sites for hydroxylation is 1. The van der Waals surface area contributed by atoms with Crippen molar-refractivity contribution >= 4 is 23.1 Å². The predicted molar refractivity (Wildman–Crippen MR) is 89.3 cm³/mol. The van der Waals surface area contributed by atoms with Crippen LogP contribution in [0.3, 0.4) is 0 Å². The lowest BCUT2D eigenvalue weighted by Crippen LogP contribution is -2.23. The Bertz CT molecular complexity index is 650. The molecule has 3 nitrogen and oxygen atoms in total. The lowest BCUT2D eigenvalue weighted by molar-refractivity contribution is 0.0951. The van der Waals surface area contributed by atoms with Gasteiger partial charge in [0.05, 0.1) is 0 Å². The summed E-state index contributed by atoms with van der Waals surface area (Å²) in [5, 5.41) is 2.94. The Balaban J connectivity index is 2.03. The van der Waals surface area contributed by atoms with Gasteiger partial charge in [-0.3, -0.25) is 4.79 Å². The van der Waals surface area contributed by atoms with Crippen molar-refractivity contribution < 1.29 is 4.79 Å². The first kappa shape index (κ1) is 15.2. The molecule has 0 radical (unpaired) electrons. The van der Waals surface area contributed by atoms with Gasteiger partial charge < -0.3 is 11.1 Å². The van der Waals surface area contributed by atoms with Crippen LogP contribution in [0.5, 0.6) is 0 Å². The zero-order valence-corrected chi connectivity index (χ0v) is 12.7. The van der Waals surface area contributed by atoms with Crippen LogP contribution in [0.25, 0.3) is 0 Å². The van der Waals surface area contributed by atoms with E-state index in [2.05, 4.69) is 18.3 Å². The molecule has 2 rings (SSSR count). The van der Waals surface area contributed by atoms with Crippen LogP contribution in [0, 0.1) is 0 Å². The smallest absolute Gasteiger partial charge is 0.251 e. The summed E-state index contributed by atoms with van der Waals surface area (Å²) in [5.41, 5.74) is 9.30. The van der Waals surface area contributed by atoms with Crippen molar-refractivity contribution in [2.75, 3.05) is 0 Å². The van der Waals surface area contributed by atoms with Crippen LogP contribution < -0.4 is 11.1 Å². The number of nitrogens with one attached hydrogen (secondary N) is 1. The van der Waals surface area contributed by atoms with Crippen molar-refractivity contribution in [2.45, 2.75) is 19.9 Å². The molecular formula is C17H18N2OS. The van der Waals surface area contributed by atoms with Gasteiger partial charge in [-0.1, -0.05) is 55.5 Å². The average Bonchev–Trinajstić information content (AvgIpc) is 2.52. The highest BCUT2D eigenvalue weighted by molar-refractivity contribution is 7.80. The van der Waals surface area contributed by atoms with Crippen LogP contribution in [0.4, 0.5) is 0 Å². The summed E-state index contributed by atoms with van der Waals surface area (Å²) in [7, 11) is 0. The van der Waals surface area contributed by atoms with Gasteiger partial charge in [0.2, 0.25) is 0 Å². The summed E-state index contributed by atoms with van der Waals surface area (Å²) in [5.74, 6) is -0.101. The normalized spacial score (nSPS) is 10.1. The molecule has 0 aromatic heterocycles. The molecule has 2 aromatic rings. The van der Waals surface area contributed by atoms with E-state index in [1.807, 2.05) is 18.2 Å². The third-order valence-electron chi connectivity index (χ3n) is 3.37. The molecule has 21 heavy (non-hydrogen) atoms. The Labute approximate surface area is 130 Å². The van der Waals surface area contributed by atoms with Gasteiger partial charge in [0.15, 0.2) is 0 Å². The number of nitrogens with two attached hydrogens (primary N) is 1. The summed E-state index contributed by atoms with van der Waals surface area (Å²) in [4.78, 5) is 12.5. The van der Waals surface area contributed by atoms with Gasteiger partial charge in [0, 0.05) is 17.7 Å². The van der Waals surface area contributed by atoms with E-state index in [4.69, 9.17) is 18.0 Å². The molecule has 0 fully saturated rings. The molecule has 0 aliphatic rings. The van der Waals surface area contributed by atoms with Crippen LogP contribution in [0.1, 0.15) is 34.0 Å². The summed E-state index contributed by atoms with van der Waals surface area (Å²) in [6.45, 7) is 2.63. The van der Waals surface area contributed by atoms with E-state index in [-0.39, 0.29) is 5.91 Å². The van der Waals surface area contributed by atoms with Crippen LogP contribution in [0.15, 0.2) is 48.5 Å². The van der Waals surface area contributed by atoms with Gasteiger partial charge in [0.1, 0.15) is 4.99 Å². The number of thiocarbonyl (C=S) groups is 1. The van der Waals surface area contributed by atoms with Crippen LogP contribution in [-0.4, -0.2) is 10.9 Å². The van der Waals surface area contributed by atoms with E-state index in [0.717, 1.165) is 17.5 Å². The molecule has 0 aliphatic carbocycles. The van der Waals surface area contributed by atoms with Crippen LogP contribution >= 0.6 is 12.2 Å². The number of hydrogen-bond acceptors (Lipinski definition) is 2. The maximum absolute atomic E-state index is 12.1. The highest BCUT2D eigenvalue weighted by atomic mass is 32.1. The molecule has 0 spiro atoms. The molecule has 108 valence electrons. The van der Waals surface area contributed by atoms with Crippen LogP contribution in [-0.2, 0) is 13.0 Å². The quantitative estimate of drug-likeness (QED) is 0.835. The topological polar surface area (TPSA) is 55.1 Å². The molecule has 3 N–H and O–H groups in total. The lowest BCUT2D eigenvalue weighted by Gasteiger charge is -2.09. The maximum Gasteiger partial charge on any atom is 0.251 e. The monoisotopic (exact) mass is 298 g/mol. The minimum absolute atomic E-state index is 0.101. The van der Waals surface area contributed by atoms with Crippen molar-refractivity contribution in [3.05, 3.63) is 70.8 Å². The number of carbonyl (C=O) groups is 1. The highest BCUT2D eigenvalue weighted by Gasteiger charge is 2.07. The molecule has 0 unspecified atom stereocenters. The lowest BCUT2D eigenvalue weighted by atomic mass is 10.1. The van der Waals surface area contributed by atoms with E-state index in [0.29, 0.717) is 17.1 Å².